The van der Waals surface area contributed by atoms with Crippen molar-refractivity contribution < 1.29 is 4.79 Å². The van der Waals surface area contributed by atoms with Crippen LogP contribution in [-0.4, -0.2) is 11.3 Å². The summed E-state index contributed by atoms with van der Waals surface area (Å²) in [6, 6.07) is 6.04. The predicted octanol–water partition coefficient (Wildman–Crippen LogP) is 2.97. The SMILES string of the molecule is Cc1nc2c(C)ccc(C)c2cc1C=O. The van der Waals surface area contributed by atoms with Crippen molar-refractivity contribution in [3.63, 3.8) is 0 Å². The van der Waals surface area contributed by atoms with Gasteiger partial charge in [-0.15, -0.1) is 0 Å². The Morgan fingerprint density at radius 3 is 2.47 bits per heavy atom. The monoisotopic (exact) mass is 199 g/mol. The summed E-state index contributed by atoms with van der Waals surface area (Å²) in [6.45, 7) is 5.94. The van der Waals surface area contributed by atoms with Gasteiger partial charge in [0.15, 0.2) is 6.29 Å². The zero-order valence-corrected chi connectivity index (χ0v) is 9.16. The van der Waals surface area contributed by atoms with Crippen LogP contribution in [0.3, 0.4) is 0 Å². The molecular weight excluding hydrogens is 186 g/mol. The lowest BCUT2D eigenvalue weighted by atomic mass is 10.0. The summed E-state index contributed by atoms with van der Waals surface area (Å²) in [5.41, 5.74) is 4.78. The summed E-state index contributed by atoms with van der Waals surface area (Å²) in [7, 11) is 0. The number of hydrogen-bond acceptors (Lipinski definition) is 2. The minimum atomic E-state index is 0.677. The normalized spacial score (nSPS) is 10.6. The Morgan fingerprint density at radius 1 is 1.13 bits per heavy atom. The molecule has 0 aliphatic carbocycles. The van der Waals surface area contributed by atoms with Gasteiger partial charge in [0.25, 0.3) is 0 Å². The van der Waals surface area contributed by atoms with Crippen molar-refractivity contribution in [2.45, 2.75) is 20.8 Å². The second-order valence-corrected chi connectivity index (χ2v) is 3.88. The number of benzene rings is 1. The van der Waals surface area contributed by atoms with Crippen LogP contribution in [0.15, 0.2) is 18.2 Å². The van der Waals surface area contributed by atoms with Crippen LogP contribution in [0.2, 0.25) is 0 Å². The maximum Gasteiger partial charge on any atom is 0.151 e. The quantitative estimate of drug-likeness (QED) is 0.661. The van der Waals surface area contributed by atoms with Gasteiger partial charge in [-0.25, -0.2) is 0 Å². The number of nitrogens with zero attached hydrogens (tertiary/aromatic N) is 1. The number of hydrogen-bond donors (Lipinski definition) is 0. The third-order valence-electron chi connectivity index (χ3n) is 2.76. The van der Waals surface area contributed by atoms with Gasteiger partial charge in [0.05, 0.1) is 5.52 Å². The molecule has 0 bridgehead atoms. The number of carbonyl (C=O) groups excluding carboxylic acids is 1. The van der Waals surface area contributed by atoms with Crippen molar-refractivity contribution in [1.82, 2.24) is 4.98 Å². The molecule has 15 heavy (non-hydrogen) atoms. The molecule has 1 heterocycles. The first-order valence-electron chi connectivity index (χ1n) is 4.96. The molecule has 2 nitrogen and oxygen atoms in total. The van der Waals surface area contributed by atoms with Crippen LogP contribution in [0.4, 0.5) is 0 Å². The lowest BCUT2D eigenvalue weighted by Gasteiger charge is -2.07. The third kappa shape index (κ3) is 1.52. The smallest absolute Gasteiger partial charge is 0.151 e. The van der Waals surface area contributed by atoms with E-state index in [0.29, 0.717) is 5.56 Å². The van der Waals surface area contributed by atoms with Crippen molar-refractivity contribution >= 4 is 17.2 Å². The Hall–Kier alpha value is -1.70. The number of aryl methyl sites for hydroxylation is 3. The minimum Gasteiger partial charge on any atom is -0.298 e. The number of fused-ring (bicyclic) bond motifs is 1. The zero-order chi connectivity index (χ0) is 11.0. The first-order chi connectivity index (χ1) is 7.13. The van der Waals surface area contributed by atoms with E-state index in [2.05, 4.69) is 17.1 Å². The molecule has 2 heteroatoms. The van der Waals surface area contributed by atoms with Gasteiger partial charge < -0.3 is 0 Å². The van der Waals surface area contributed by atoms with Crippen molar-refractivity contribution in [3.8, 4) is 0 Å². The third-order valence-corrected chi connectivity index (χ3v) is 2.76. The van der Waals surface area contributed by atoms with E-state index in [-0.39, 0.29) is 0 Å². The van der Waals surface area contributed by atoms with E-state index in [9.17, 15) is 4.79 Å². The Labute approximate surface area is 89.0 Å². The highest BCUT2D eigenvalue weighted by Gasteiger charge is 2.06. The second-order valence-electron chi connectivity index (χ2n) is 3.88. The van der Waals surface area contributed by atoms with Gasteiger partial charge in [-0.2, -0.15) is 0 Å². The summed E-state index contributed by atoms with van der Waals surface area (Å²) in [5.74, 6) is 0. The number of rotatable bonds is 1. The molecule has 0 aliphatic rings. The molecule has 1 aromatic carbocycles. The van der Waals surface area contributed by atoms with Crippen LogP contribution < -0.4 is 0 Å². The highest BCUT2D eigenvalue weighted by Crippen LogP contribution is 2.22. The van der Waals surface area contributed by atoms with E-state index in [1.807, 2.05) is 26.8 Å². The highest BCUT2D eigenvalue weighted by molar-refractivity contribution is 5.90. The molecule has 2 aromatic rings. The maximum atomic E-state index is 10.8. The lowest BCUT2D eigenvalue weighted by Crippen LogP contribution is -1.94. The average Bonchev–Trinajstić information content (AvgIpc) is 2.23. The molecule has 0 radical (unpaired) electrons. The predicted molar refractivity (Wildman–Crippen MR) is 61.3 cm³/mol. The van der Waals surface area contributed by atoms with E-state index in [1.165, 1.54) is 0 Å². The standard InChI is InChI=1S/C13H13NO/c1-8-4-5-9(2)13-12(8)6-11(7-15)10(3)14-13/h4-7H,1-3H3. The maximum absolute atomic E-state index is 10.8. The molecule has 0 N–H and O–H groups in total. The molecule has 0 amide bonds. The van der Waals surface area contributed by atoms with Gasteiger partial charge in [0.1, 0.15) is 0 Å². The van der Waals surface area contributed by atoms with Crippen molar-refractivity contribution in [2.75, 3.05) is 0 Å². The zero-order valence-electron chi connectivity index (χ0n) is 9.16. The fraction of sp³-hybridized carbons (Fsp3) is 0.231. The van der Waals surface area contributed by atoms with E-state index < -0.39 is 0 Å². The molecule has 0 spiro atoms. The second kappa shape index (κ2) is 3.46. The molecule has 0 atom stereocenters. The summed E-state index contributed by atoms with van der Waals surface area (Å²) >= 11 is 0. The number of carbonyl (C=O) groups is 1. The van der Waals surface area contributed by atoms with Crippen LogP contribution in [0.1, 0.15) is 27.2 Å². The largest absolute Gasteiger partial charge is 0.298 e. The molecule has 76 valence electrons. The van der Waals surface area contributed by atoms with Crippen LogP contribution in [0.25, 0.3) is 10.9 Å². The fourth-order valence-electron chi connectivity index (χ4n) is 1.76. The van der Waals surface area contributed by atoms with Gasteiger partial charge in [-0.3, -0.25) is 9.78 Å². The first kappa shape index (κ1) is 9.84. The van der Waals surface area contributed by atoms with E-state index in [1.54, 1.807) is 0 Å². The van der Waals surface area contributed by atoms with Gasteiger partial charge >= 0.3 is 0 Å². The molecule has 0 aliphatic heterocycles. The summed E-state index contributed by atoms with van der Waals surface area (Å²) in [6.07, 6.45) is 0.865. The van der Waals surface area contributed by atoms with Crippen LogP contribution >= 0.6 is 0 Å². The molecule has 0 saturated heterocycles. The van der Waals surface area contributed by atoms with E-state index >= 15 is 0 Å². The number of aldehydes is 1. The van der Waals surface area contributed by atoms with Crippen LogP contribution in [-0.2, 0) is 0 Å². The van der Waals surface area contributed by atoms with Crippen molar-refractivity contribution in [2.24, 2.45) is 0 Å². The Kier molecular flexibility index (Phi) is 2.27. The molecule has 0 fully saturated rings. The first-order valence-corrected chi connectivity index (χ1v) is 4.96. The van der Waals surface area contributed by atoms with Gasteiger partial charge in [0, 0.05) is 16.6 Å². The molecule has 2 rings (SSSR count). The van der Waals surface area contributed by atoms with Gasteiger partial charge in [-0.1, -0.05) is 12.1 Å². The molecular formula is C13H13NO. The highest BCUT2D eigenvalue weighted by atomic mass is 16.1. The minimum absolute atomic E-state index is 0.677. The van der Waals surface area contributed by atoms with Crippen molar-refractivity contribution in [1.29, 1.82) is 0 Å². The Balaban J connectivity index is 2.92. The van der Waals surface area contributed by atoms with Gasteiger partial charge in [0.2, 0.25) is 0 Å². The van der Waals surface area contributed by atoms with E-state index in [0.717, 1.165) is 34.0 Å². The molecule has 0 unspecified atom stereocenters. The Morgan fingerprint density at radius 2 is 1.80 bits per heavy atom. The topological polar surface area (TPSA) is 30.0 Å². The van der Waals surface area contributed by atoms with Crippen LogP contribution in [0.5, 0.6) is 0 Å². The van der Waals surface area contributed by atoms with E-state index in [4.69, 9.17) is 0 Å². The van der Waals surface area contributed by atoms with Gasteiger partial charge in [-0.05, 0) is 38.0 Å². The molecule has 0 saturated carbocycles. The molecule has 1 aromatic heterocycles. The summed E-state index contributed by atoms with van der Waals surface area (Å²) in [5, 5.41) is 1.07. The van der Waals surface area contributed by atoms with Crippen molar-refractivity contribution in [3.05, 3.63) is 40.6 Å². The average molecular weight is 199 g/mol. The lowest BCUT2D eigenvalue weighted by molar-refractivity contribution is 0.112. The summed E-state index contributed by atoms with van der Waals surface area (Å²) in [4.78, 5) is 15.3. The number of pyridine rings is 1. The Bertz CT molecular complexity index is 544. The summed E-state index contributed by atoms with van der Waals surface area (Å²) < 4.78 is 0. The fourth-order valence-corrected chi connectivity index (χ4v) is 1.76. The van der Waals surface area contributed by atoms with Crippen LogP contribution in [0, 0.1) is 20.8 Å². The number of aromatic nitrogens is 1.